The summed E-state index contributed by atoms with van der Waals surface area (Å²) in [6.45, 7) is 9.24. The second-order valence-corrected chi connectivity index (χ2v) is 16.9. The van der Waals surface area contributed by atoms with Gasteiger partial charge in [0.05, 0.1) is 19.1 Å². The normalized spacial score (nSPS) is 25.2. The minimum Gasteiger partial charge on any atom is -0.394 e. The van der Waals surface area contributed by atoms with Crippen LogP contribution in [-0.2, 0) is 23.8 Å². The van der Waals surface area contributed by atoms with Crippen LogP contribution in [-0.4, -0.2) is 91.2 Å². The molecule has 0 bridgehead atoms. The van der Waals surface area contributed by atoms with Gasteiger partial charge < -0.3 is 34.6 Å². The Bertz CT molecular complexity index is 591. The molecule has 0 saturated carbocycles. The lowest BCUT2D eigenvalue weighted by atomic mass is 9.99. The number of rotatable bonds is 21. The number of ether oxygens (including phenoxy) is 3. The quantitative estimate of drug-likeness (QED) is 0.0629. The summed E-state index contributed by atoms with van der Waals surface area (Å²) in [6, 6.07) is 1.03. The van der Waals surface area contributed by atoms with Gasteiger partial charge in [-0.2, -0.15) is 0 Å². The van der Waals surface area contributed by atoms with Gasteiger partial charge in [-0.3, -0.25) is 4.79 Å². The molecule has 0 aromatic heterocycles. The van der Waals surface area contributed by atoms with E-state index in [9.17, 15) is 25.2 Å². The average molecular weight is 552 g/mol. The molecular weight excluding hydrogens is 498 g/mol. The molecule has 1 unspecified atom stereocenters. The molecule has 220 valence electrons. The van der Waals surface area contributed by atoms with E-state index in [0.717, 1.165) is 25.3 Å². The number of hydroxylamine groups is 1. The topological polar surface area (TPSA) is 147 Å². The third kappa shape index (κ3) is 15.5. The van der Waals surface area contributed by atoms with Crippen molar-refractivity contribution >= 4 is 14.0 Å². The molecule has 11 heteroatoms. The number of hydrogen-bond acceptors (Lipinski definition) is 9. The van der Waals surface area contributed by atoms with E-state index in [4.69, 9.17) is 19.0 Å². The van der Waals surface area contributed by atoms with Gasteiger partial charge in [0.2, 0.25) is 12.2 Å². The summed E-state index contributed by atoms with van der Waals surface area (Å²) in [4.78, 5) is 17.7. The molecule has 5 N–H and O–H groups in total. The van der Waals surface area contributed by atoms with Crippen LogP contribution in [0, 0.1) is 0 Å². The first-order valence-corrected chi connectivity index (χ1v) is 17.7. The highest BCUT2D eigenvalue weighted by atomic mass is 28.3. The molecule has 1 saturated heterocycles. The van der Waals surface area contributed by atoms with E-state index in [1.807, 2.05) is 0 Å². The van der Waals surface area contributed by atoms with Crippen LogP contribution in [0.5, 0.6) is 0 Å². The molecule has 6 atom stereocenters. The van der Waals surface area contributed by atoms with E-state index in [-0.39, 0.29) is 19.3 Å². The lowest BCUT2D eigenvalue weighted by Crippen LogP contribution is -2.60. The van der Waals surface area contributed by atoms with E-state index < -0.39 is 51.3 Å². The van der Waals surface area contributed by atoms with Crippen LogP contribution in [0.3, 0.4) is 0 Å². The number of aliphatic hydroxyl groups excluding tert-OH is 4. The minimum atomic E-state index is -1.59. The molecule has 0 aromatic carbocycles. The van der Waals surface area contributed by atoms with Crippen LogP contribution in [0.4, 0.5) is 0 Å². The maximum atomic E-state index is 12.5. The van der Waals surface area contributed by atoms with Crippen LogP contribution < -0.4 is 5.48 Å². The summed E-state index contributed by atoms with van der Waals surface area (Å²) >= 11 is 0. The van der Waals surface area contributed by atoms with Gasteiger partial charge in [0.15, 0.2) is 0 Å². The molecule has 37 heavy (non-hydrogen) atoms. The molecule has 0 radical (unpaired) electrons. The van der Waals surface area contributed by atoms with Crippen molar-refractivity contribution in [2.45, 2.75) is 140 Å². The lowest BCUT2D eigenvalue weighted by Gasteiger charge is -2.39. The van der Waals surface area contributed by atoms with Crippen molar-refractivity contribution in [3.05, 3.63) is 0 Å². The standard InChI is InChI=1S/C26H53NO9Si/c1-5-6-7-8-9-10-11-12-13-14-20(34-19-33-15-16-37(2,3)4)17-22(29)27-36-26-25(32)24(31)23(30)21(18-28)35-26/h20-21,23-26,28,30-32H,5-19H2,1-4H3,(H,27,29)/t20?,21-,23-,24+,25-,26-/m1/s1. The number of nitrogens with one attached hydrogen (secondary N) is 1. The number of aliphatic hydroxyl groups is 4. The Morgan fingerprint density at radius 1 is 0.946 bits per heavy atom. The van der Waals surface area contributed by atoms with Crippen LogP contribution in [0.25, 0.3) is 0 Å². The largest absolute Gasteiger partial charge is 0.394 e. The number of carbonyl (C=O) groups excluding carboxylic acids is 1. The average Bonchev–Trinajstić information content (AvgIpc) is 2.84. The molecular formula is C26H53NO9Si. The molecule has 0 aromatic rings. The molecule has 0 spiro atoms. The molecule has 1 heterocycles. The monoisotopic (exact) mass is 551 g/mol. The maximum absolute atomic E-state index is 12.5. The fourth-order valence-electron chi connectivity index (χ4n) is 4.05. The van der Waals surface area contributed by atoms with Crippen molar-refractivity contribution in [3.63, 3.8) is 0 Å². The number of hydrogen-bond donors (Lipinski definition) is 5. The first kappa shape index (κ1) is 34.4. The third-order valence-corrected chi connectivity index (χ3v) is 8.27. The number of carbonyl (C=O) groups is 1. The molecule has 1 rings (SSSR count). The summed E-state index contributed by atoms with van der Waals surface area (Å²) < 4.78 is 16.8. The third-order valence-electron chi connectivity index (χ3n) is 6.56. The summed E-state index contributed by atoms with van der Waals surface area (Å²) in [5.41, 5.74) is 2.24. The van der Waals surface area contributed by atoms with Gasteiger partial charge in [0.1, 0.15) is 31.2 Å². The first-order valence-electron chi connectivity index (χ1n) is 14.0. The Balaban J connectivity index is 2.44. The predicted octanol–water partition coefficient (Wildman–Crippen LogP) is 2.84. The lowest BCUT2D eigenvalue weighted by molar-refractivity contribution is -0.313. The van der Waals surface area contributed by atoms with Crippen molar-refractivity contribution in [1.29, 1.82) is 0 Å². The predicted molar refractivity (Wildman–Crippen MR) is 143 cm³/mol. The van der Waals surface area contributed by atoms with Crippen LogP contribution in [0.2, 0.25) is 25.7 Å². The second kappa shape index (κ2) is 19.4. The minimum absolute atomic E-state index is 0.0336. The van der Waals surface area contributed by atoms with Crippen molar-refractivity contribution in [2.75, 3.05) is 20.0 Å². The molecule has 1 aliphatic heterocycles. The van der Waals surface area contributed by atoms with E-state index in [1.165, 1.54) is 38.5 Å². The Morgan fingerprint density at radius 3 is 2.16 bits per heavy atom. The molecule has 10 nitrogen and oxygen atoms in total. The number of amides is 1. The molecule has 1 fully saturated rings. The summed E-state index contributed by atoms with van der Waals surface area (Å²) in [6.07, 6.45) is 4.02. The fraction of sp³-hybridized carbons (Fsp3) is 0.962. The summed E-state index contributed by atoms with van der Waals surface area (Å²) in [5.74, 6) is -0.472. The van der Waals surface area contributed by atoms with Crippen molar-refractivity contribution in [3.8, 4) is 0 Å². The molecule has 1 aliphatic rings. The zero-order chi connectivity index (χ0) is 27.7. The van der Waals surface area contributed by atoms with Gasteiger partial charge in [-0.15, -0.1) is 0 Å². The van der Waals surface area contributed by atoms with Crippen molar-refractivity contribution in [2.24, 2.45) is 0 Å². The highest BCUT2D eigenvalue weighted by Crippen LogP contribution is 2.21. The van der Waals surface area contributed by atoms with Gasteiger partial charge >= 0.3 is 0 Å². The van der Waals surface area contributed by atoms with E-state index in [0.29, 0.717) is 13.0 Å². The van der Waals surface area contributed by atoms with Crippen LogP contribution >= 0.6 is 0 Å². The van der Waals surface area contributed by atoms with Gasteiger partial charge in [-0.1, -0.05) is 84.4 Å². The Hall–Kier alpha value is -0.633. The second-order valence-electron chi connectivity index (χ2n) is 11.3. The van der Waals surface area contributed by atoms with Gasteiger partial charge in [0, 0.05) is 14.7 Å². The van der Waals surface area contributed by atoms with Crippen molar-refractivity contribution in [1.82, 2.24) is 5.48 Å². The smallest absolute Gasteiger partial charge is 0.246 e. The Kier molecular flexibility index (Phi) is 18.1. The fourth-order valence-corrected chi connectivity index (χ4v) is 4.80. The summed E-state index contributed by atoms with van der Waals surface area (Å²) in [5, 5.41) is 39.1. The van der Waals surface area contributed by atoms with Gasteiger partial charge in [0.25, 0.3) is 0 Å². The van der Waals surface area contributed by atoms with Gasteiger partial charge in [-0.25, -0.2) is 10.3 Å². The SMILES string of the molecule is CCCCCCCCCCCC(CC(=O)NO[C@H]1O[C@H](CO)[C@@H](O)[C@H](O)[C@H]1O)OCOCC[Si](C)(C)C. The molecule has 0 aliphatic carbocycles. The van der Waals surface area contributed by atoms with Crippen LogP contribution in [0.15, 0.2) is 0 Å². The molecule has 1 amide bonds. The van der Waals surface area contributed by atoms with Gasteiger partial charge in [-0.05, 0) is 12.5 Å². The van der Waals surface area contributed by atoms with Crippen molar-refractivity contribution < 1.29 is 44.3 Å². The van der Waals surface area contributed by atoms with E-state index in [1.54, 1.807) is 0 Å². The van der Waals surface area contributed by atoms with E-state index in [2.05, 4.69) is 32.0 Å². The number of unbranched alkanes of at least 4 members (excludes halogenated alkanes) is 8. The Morgan fingerprint density at radius 2 is 1.57 bits per heavy atom. The van der Waals surface area contributed by atoms with Crippen LogP contribution in [0.1, 0.15) is 77.6 Å². The summed E-state index contributed by atoms with van der Waals surface area (Å²) in [7, 11) is -1.20. The highest BCUT2D eigenvalue weighted by Gasteiger charge is 2.44. The maximum Gasteiger partial charge on any atom is 0.246 e. The van der Waals surface area contributed by atoms with E-state index >= 15 is 0 Å². The zero-order valence-corrected chi connectivity index (χ0v) is 24.4. The Labute approximate surface area is 224 Å². The zero-order valence-electron chi connectivity index (χ0n) is 23.4. The first-order chi connectivity index (χ1) is 17.6. The highest BCUT2D eigenvalue weighted by molar-refractivity contribution is 6.76.